The van der Waals surface area contributed by atoms with Crippen molar-refractivity contribution in [3.8, 4) is 0 Å². The summed E-state index contributed by atoms with van der Waals surface area (Å²) in [5, 5.41) is 10.4. The molecule has 1 aliphatic heterocycles. The van der Waals surface area contributed by atoms with Crippen molar-refractivity contribution < 1.29 is 14.3 Å². The van der Waals surface area contributed by atoms with Crippen molar-refractivity contribution in [1.82, 2.24) is 9.80 Å². The van der Waals surface area contributed by atoms with Gasteiger partial charge in [-0.15, -0.1) is 0 Å². The smallest absolute Gasteiger partial charge is 0.137 e. The summed E-state index contributed by atoms with van der Waals surface area (Å²) in [5.41, 5.74) is 6.51. The van der Waals surface area contributed by atoms with Crippen LogP contribution in [0.3, 0.4) is 0 Å². The van der Waals surface area contributed by atoms with E-state index in [9.17, 15) is 14.3 Å². The Balaban J connectivity index is 2.04. The third-order valence-corrected chi connectivity index (χ3v) is 4.11. The van der Waals surface area contributed by atoms with Gasteiger partial charge in [0.1, 0.15) is 18.3 Å². The zero-order valence-corrected chi connectivity index (χ0v) is 12.9. The second kappa shape index (κ2) is 7.78. The van der Waals surface area contributed by atoms with Gasteiger partial charge in [-0.3, -0.25) is 9.80 Å². The molecule has 1 aromatic carbocycles. The third kappa shape index (κ3) is 4.33. The van der Waals surface area contributed by atoms with E-state index >= 15 is 0 Å². The number of piperazine rings is 1. The van der Waals surface area contributed by atoms with E-state index in [1.807, 2.05) is 15.9 Å². The number of carbonyl (C=O) groups is 1. The number of hydrogen-bond acceptors (Lipinski definition) is 5. The Labute approximate surface area is 130 Å². The molecule has 3 unspecified atom stereocenters. The molecule has 3 N–H and O–H groups in total. The predicted molar refractivity (Wildman–Crippen MR) is 82.5 cm³/mol. The van der Waals surface area contributed by atoms with Gasteiger partial charge in [-0.05, 0) is 24.1 Å². The summed E-state index contributed by atoms with van der Waals surface area (Å²) in [6.07, 6.45) is 0.937. The standard InChI is InChI=1S/C16H24FN3O2/c1-2-15-9-19(8-14(18)11-21)10-16(22)20(15)7-12-4-3-5-13(17)6-12/h3-6,11,14-16,22H,2,7-10,18H2,1H3. The minimum Gasteiger partial charge on any atom is -0.377 e. The summed E-state index contributed by atoms with van der Waals surface area (Å²) < 4.78 is 13.3. The summed E-state index contributed by atoms with van der Waals surface area (Å²) in [6, 6.07) is 6.06. The number of carbonyl (C=O) groups excluding carboxylic acids is 1. The van der Waals surface area contributed by atoms with Crippen LogP contribution in [-0.4, -0.2) is 59.1 Å². The maximum Gasteiger partial charge on any atom is 0.137 e. The van der Waals surface area contributed by atoms with Crippen LogP contribution in [0.2, 0.25) is 0 Å². The quantitative estimate of drug-likeness (QED) is 0.752. The SMILES string of the molecule is CCC1CN(CC(N)C=O)CC(O)N1Cc1cccc(F)c1. The van der Waals surface area contributed by atoms with Gasteiger partial charge in [0, 0.05) is 32.2 Å². The number of rotatable bonds is 6. The maximum atomic E-state index is 13.3. The highest BCUT2D eigenvalue weighted by Crippen LogP contribution is 2.20. The third-order valence-electron chi connectivity index (χ3n) is 4.11. The molecule has 0 spiro atoms. The van der Waals surface area contributed by atoms with Crippen molar-refractivity contribution in [2.75, 3.05) is 19.6 Å². The van der Waals surface area contributed by atoms with Crippen LogP contribution >= 0.6 is 0 Å². The van der Waals surface area contributed by atoms with Gasteiger partial charge in [0.2, 0.25) is 0 Å². The van der Waals surface area contributed by atoms with Crippen molar-refractivity contribution in [3.63, 3.8) is 0 Å². The molecule has 6 heteroatoms. The molecular formula is C16H24FN3O2. The number of aliphatic hydroxyl groups excluding tert-OH is 1. The molecule has 122 valence electrons. The Morgan fingerprint density at radius 3 is 2.91 bits per heavy atom. The number of benzene rings is 1. The number of hydrogen-bond donors (Lipinski definition) is 2. The second-order valence-corrected chi connectivity index (χ2v) is 5.86. The van der Waals surface area contributed by atoms with Crippen molar-refractivity contribution in [1.29, 1.82) is 0 Å². The first-order chi connectivity index (χ1) is 10.5. The first-order valence-corrected chi connectivity index (χ1v) is 7.65. The predicted octanol–water partition coefficient (Wildman–Crippen LogP) is 0.567. The van der Waals surface area contributed by atoms with Gasteiger partial charge in [-0.25, -0.2) is 4.39 Å². The summed E-state index contributed by atoms with van der Waals surface area (Å²) in [4.78, 5) is 14.7. The molecule has 0 amide bonds. The van der Waals surface area contributed by atoms with E-state index < -0.39 is 12.3 Å². The number of nitrogens with zero attached hydrogens (tertiary/aromatic N) is 2. The van der Waals surface area contributed by atoms with Gasteiger partial charge >= 0.3 is 0 Å². The first-order valence-electron chi connectivity index (χ1n) is 7.65. The highest BCUT2D eigenvalue weighted by atomic mass is 19.1. The molecule has 0 saturated carbocycles. The van der Waals surface area contributed by atoms with Gasteiger partial charge in [0.05, 0.1) is 6.04 Å². The summed E-state index contributed by atoms with van der Waals surface area (Å²) in [6.45, 7) is 4.19. The average molecular weight is 309 g/mol. The Kier molecular flexibility index (Phi) is 6.02. The Morgan fingerprint density at radius 1 is 1.50 bits per heavy atom. The summed E-state index contributed by atoms with van der Waals surface area (Å²) in [5.74, 6) is -0.268. The van der Waals surface area contributed by atoms with Crippen LogP contribution in [0.5, 0.6) is 0 Å². The largest absolute Gasteiger partial charge is 0.377 e. The van der Waals surface area contributed by atoms with Crippen molar-refractivity contribution in [3.05, 3.63) is 35.6 Å². The lowest BCUT2D eigenvalue weighted by Crippen LogP contribution is -2.59. The van der Waals surface area contributed by atoms with Crippen molar-refractivity contribution >= 4 is 6.29 Å². The Bertz CT molecular complexity index is 500. The molecule has 3 atom stereocenters. The molecule has 1 saturated heterocycles. The maximum absolute atomic E-state index is 13.3. The van der Waals surface area contributed by atoms with Crippen LogP contribution in [-0.2, 0) is 11.3 Å². The van der Waals surface area contributed by atoms with E-state index in [1.165, 1.54) is 12.1 Å². The Morgan fingerprint density at radius 2 is 2.27 bits per heavy atom. The molecule has 2 rings (SSSR count). The van der Waals surface area contributed by atoms with Crippen LogP contribution in [0.1, 0.15) is 18.9 Å². The van der Waals surface area contributed by atoms with Gasteiger partial charge in [0.15, 0.2) is 0 Å². The summed E-state index contributed by atoms with van der Waals surface area (Å²) in [7, 11) is 0. The van der Waals surface area contributed by atoms with Gasteiger partial charge in [-0.2, -0.15) is 0 Å². The fourth-order valence-corrected chi connectivity index (χ4v) is 2.99. The van der Waals surface area contributed by atoms with Gasteiger partial charge in [-0.1, -0.05) is 19.1 Å². The number of β-amino-alcohol motifs (C(OH)–C–C–N with tert-alkyl or cyclic N) is 1. The lowest BCUT2D eigenvalue weighted by atomic mass is 10.1. The van der Waals surface area contributed by atoms with E-state index in [0.717, 1.165) is 24.8 Å². The van der Waals surface area contributed by atoms with E-state index in [1.54, 1.807) is 6.07 Å². The molecule has 1 aliphatic rings. The van der Waals surface area contributed by atoms with Crippen LogP contribution < -0.4 is 5.73 Å². The molecule has 1 aromatic rings. The van der Waals surface area contributed by atoms with Gasteiger partial charge in [0.25, 0.3) is 0 Å². The molecule has 1 heterocycles. The molecule has 1 fully saturated rings. The van der Waals surface area contributed by atoms with Crippen molar-refractivity contribution in [2.24, 2.45) is 5.73 Å². The molecule has 0 aromatic heterocycles. The zero-order chi connectivity index (χ0) is 16.1. The summed E-state index contributed by atoms with van der Waals surface area (Å²) >= 11 is 0. The lowest BCUT2D eigenvalue weighted by Gasteiger charge is -2.44. The van der Waals surface area contributed by atoms with Gasteiger partial charge < -0.3 is 15.6 Å². The van der Waals surface area contributed by atoms with Crippen molar-refractivity contribution in [2.45, 2.75) is 38.2 Å². The fourth-order valence-electron chi connectivity index (χ4n) is 2.99. The minimum absolute atomic E-state index is 0.144. The van der Waals surface area contributed by atoms with E-state index in [4.69, 9.17) is 5.73 Å². The zero-order valence-electron chi connectivity index (χ0n) is 12.9. The number of aliphatic hydroxyl groups is 1. The normalized spacial score (nSPS) is 25.1. The molecule has 22 heavy (non-hydrogen) atoms. The molecule has 5 nitrogen and oxygen atoms in total. The van der Waals surface area contributed by atoms with E-state index in [-0.39, 0.29) is 11.9 Å². The number of aldehydes is 1. The van der Waals surface area contributed by atoms with Crippen LogP contribution in [0.4, 0.5) is 4.39 Å². The van der Waals surface area contributed by atoms with E-state index in [2.05, 4.69) is 6.92 Å². The molecule has 0 radical (unpaired) electrons. The van der Waals surface area contributed by atoms with Crippen LogP contribution in [0.15, 0.2) is 24.3 Å². The lowest BCUT2D eigenvalue weighted by molar-refractivity contribution is -0.112. The minimum atomic E-state index is -0.652. The van der Waals surface area contributed by atoms with Crippen LogP contribution in [0, 0.1) is 5.82 Å². The van der Waals surface area contributed by atoms with Crippen LogP contribution in [0.25, 0.3) is 0 Å². The molecule has 0 aliphatic carbocycles. The Hall–Kier alpha value is -1.34. The highest BCUT2D eigenvalue weighted by Gasteiger charge is 2.32. The number of halogens is 1. The first kappa shape index (κ1) is 17.0. The number of nitrogens with two attached hydrogens (primary N) is 1. The highest BCUT2D eigenvalue weighted by molar-refractivity contribution is 5.57. The molecular weight excluding hydrogens is 285 g/mol. The topological polar surface area (TPSA) is 69.8 Å². The molecule has 0 bridgehead atoms. The average Bonchev–Trinajstić information content (AvgIpc) is 2.49. The fraction of sp³-hybridized carbons (Fsp3) is 0.562. The monoisotopic (exact) mass is 309 g/mol. The second-order valence-electron chi connectivity index (χ2n) is 5.86. The van der Waals surface area contributed by atoms with E-state index in [0.29, 0.717) is 19.6 Å².